The van der Waals surface area contributed by atoms with Crippen LogP contribution in [0, 0.1) is 12.1 Å². The number of rotatable bonds is 8. The Morgan fingerprint density at radius 1 is 0.719 bits per heavy atom. The number of nitrogens with zero attached hydrogens (tertiary/aromatic N) is 6. The van der Waals surface area contributed by atoms with Crippen LogP contribution in [0.2, 0.25) is 0 Å². The smallest absolute Gasteiger partial charge is 0.509 e. The average molecular weight is 933 g/mol. The van der Waals surface area contributed by atoms with Gasteiger partial charge in [0.1, 0.15) is 5.82 Å². The molecule has 4 aromatic heterocycles. The van der Waals surface area contributed by atoms with Crippen molar-refractivity contribution in [1.82, 2.24) is 29.1 Å². The molecule has 8 heteroatoms. The Morgan fingerprint density at radius 3 is 2.09 bits per heavy atom. The number of aryl methyl sites for hydroxylation is 4. The molecule has 10 rings (SSSR count). The van der Waals surface area contributed by atoms with Gasteiger partial charge in [-0.1, -0.05) is 94.2 Å². The molecule has 9 aromatic rings. The van der Waals surface area contributed by atoms with Crippen LogP contribution in [-0.4, -0.2) is 29.1 Å². The normalized spacial score (nSPS) is 15.1. The molecule has 0 unspecified atom stereocenters. The summed E-state index contributed by atoms with van der Waals surface area (Å²) < 4.78 is 55.0. The second-order valence-corrected chi connectivity index (χ2v) is 14.7. The molecule has 57 heavy (non-hydrogen) atoms. The zero-order valence-corrected chi connectivity index (χ0v) is 34.5. The Morgan fingerprint density at radius 2 is 1.40 bits per heavy atom. The molecule has 0 saturated carbocycles. The molecule has 0 saturated heterocycles. The first-order valence-electron chi connectivity index (χ1n) is 21.8. The van der Waals surface area contributed by atoms with Gasteiger partial charge in [0.25, 0.3) is 0 Å². The second-order valence-electron chi connectivity index (χ2n) is 14.7. The van der Waals surface area contributed by atoms with Gasteiger partial charge in [0.2, 0.25) is 0 Å². The fourth-order valence-corrected chi connectivity index (χ4v) is 8.34. The topological polar surface area (TPSA) is 62.7 Å². The summed E-state index contributed by atoms with van der Waals surface area (Å²) in [6.07, 6.45) is 3.52. The molecule has 286 valence electrons. The summed E-state index contributed by atoms with van der Waals surface area (Å²) in [5.41, 5.74) is 8.10. The van der Waals surface area contributed by atoms with E-state index in [0.717, 1.165) is 75.2 Å². The molecule has 0 bridgehead atoms. The Balaban J connectivity index is 0.00000490. The monoisotopic (exact) mass is 932 g/mol. The van der Waals surface area contributed by atoms with Crippen molar-refractivity contribution in [3.05, 3.63) is 143 Å². The molecular weight excluding hydrogens is 884 g/mol. The molecule has 0 fully saturated rings. The third kappa shape index (κ3) is 6.37. The van der Waals surface area contributed by atoms with E-state index in [1.807, 2.05) is 114 Å². The van der Waals surface area contributed by atoms with E-state index in [1.54, 1.807) is 24.8 Å². The SMILES string of the molecule is [2H]C([2H])(C)c1cccc2c3cccc(C([2H])([2H])C)c3n(-c3ccnc(-n4c5[c-]c(Oc6[c-]c(-n7nc8c(n7)CCCCC8)cc(C([2H])(C)C)c6)ccc5c5ccccc54)c3)c12.[Pt+2]. The van der Waals surface area contributed by atoms with E-state index in [0.29, 0.717) is 50.9 Å². The maximum Gasteiger partial charge on any atom is 2.00 e. The maximum atomic E-state index is 8.93. The third-order valence-corrected chi connectivity index (χ3v) is 11.1. The summed E-state index contributed by atoms with van der Waals surface area (Å²) in [6, 6.07) is 37.9. The van der Waals surface area contributed by atoms with Crippen molar-refractivity contribution in [2.24, 2.45) is 0 Å². The maximum absolute atomic E-state index is 8.93. The minimum atomic E-state index is -1.69. The Hall–Kier alpha value is -5.52. The van der Waals surface area contributed by atoms with E-state index in [1.165, 1.54) is 6.42 Å². The summed E-state index contributed by atoms with van der Waals surface area (Å²) in [7, 11) is 0. The van der Waals surface area contributed by atoms with Crippen LogP contribution in [0.5, 0.6) is 11.5 Å². The van der Waals surface area contributed by atoms with E-state index in [-0.39, 0.29) is 21.1 Å². The quantitative estimate of drug-likeness (QED) is 0.112. The summed E-state index contributed by atoms with van der Waals surface area (Å²) in [4.78, 5) is 6.55. The van der Waals surface area contributed by atoms with Crippen molar-refractivity contribution in [2.75, 3.05) is 0 Å². The van der Waals surface area contributed by atoms with E-state index in [2.05, 4.69) is 18.2 Å². The summed E-state index contributed by atoms with van der Waals surface area (Å²) >= 11 is 0. The van der Waals surface area contributed by atoms with Gasteiger partial charge in [-0.25, -0.2) is 4.98 Å². The minimum Gasteiger partial charge on any atom is -0.509 e. The predicted molar refractivity (Wildman–Crippen MR) is 226 cm³/mol. The standard InChI is InChI=1S/C49H44N6O.Pt/c1-5-32-14-12-17-41-42-18-13-15-33(6-2)49(42)53(48(32)41)35-24-25-50-47(29-35)54-45-21-11-10-16-39(45)40-23-22-37(30-46(40)54)56-38-27-34(31(3)4)26-36(28-38)55-51-43-19-8-7-9-20-44(43)52-55;/h10-18,21-27,29,31H,5-9,19-20H2,1-4H3;/q-2;+2/i5D2,6D2,31D;. The number of fused-ring (bicyclic) bond motifs is 7. The summed E-state index contributed by atoms with van der Waals surface area (Å²) in [5.74, 6) is 0.535. The second kappa shape index (κ2) is 15.1. The molecule has 0 radical (unpaired) electrons. The van der Waals surface area contributed by atoms with Gasteiger partial charge in [0, 0.05) is 46.9 Å². The average Bonchev–Trinajstić information content (AvgIpc) is 3.84. The summed E-state index contributed by atoms with van der Waals surface area (Å²) in [6.45, 7) is 6.80. The molecule has 5 aromatic carbocycles. The van der Waals surface area contributed by atoms with Gasteiger partial charge >= 0.3 is 21.1 Å². The zero-order valence-electron chi connectivity index (χ0n) is 37.3. The zero-order chi connectivity index (χ0) is 42.4. The molecule has 0 N–H and O–H groups in total. The van der Waals surface area contributed by atoms with Gasteiger partial charge in [-0.3, -0.25) is 0 Å². The minimum absolute atomic E-state index is 0. The Labute approximate surface area is 354 Å². The number of benzene rings is 5. The van der Waals surface area contributed by atoms with Crippen LogP contribution in [-0.2, 0) is 46.7 Å². The van der Waals surface area contributed by atoms with Gasteiger partial charge in [-0.2, -0.15) is 21.1 Å². The third-order valence-electron chi connectivity index (χ3n) is 11.1. The largest absolute Gasteiger partial charge is 2.00 e. The van der Waals surface area contributed by atoms with Gasteiger partial charge in [0.05, 0.1) is 28.1 Å². The van der Waals surface area contributed by atoms with E-state index < -0.39 is 18.6 Å². The van der Waals surface area contributed by atoms with Crippen molar-refractivity contribution in [3.8, 4) is 28.7 Å². The van der Waals surface area contributed by atoms with Crippen molar-refractivity contribution in [1.29, 1.82) is 0 Å². The van der Waals surface area contributed by atoms with Crippen molar-refractivity contribution in [2.45, 2.75) is 78.4 Å². The van der Waals surface area contributed by atoms with Crippen LogP contribution >= 0.6 is 0 Å². The number of hydrogen-bond acceptors (Lipinski definition) is 4. The van der Waals surface area contributed by atoms with Crippen LogP contribution in [0.3, 0.4) is 0 Å². The summed E-state index contributed by atoms with van der Waals surface area (Å²) in [5, 5.41) is 13.3. The molecule has 0 atom stereocenters. The number of aromatic nitrogens is 6. The molecule has 4 heterocycles. The molecular formula is C49H44N6OPt. The van der Waals surface area contributed by atoms with E-state index in [9.17, 15) is 0 Å². The van der Waals surface area contributed by atoms with Crippen molar-refractivity contribution in [3.63, 3.8) is 0 Å². The first-order chi connectivity index (χ1) is 29.1. The molecule has 7 nitrogen and oxygen atoms in total. The first kappa shape index (κ1) is 31.6. The number of pyridine rings is 1. The van der Waals surface area contributed by atoms with E-state index in [4.69, 9.17) is 26.8 Å². The Bertz CT molecular complexity index is 3090. The predicted octanol–water partition coefficient (Wildman–Crippen LogP) is 11.8. The molecule has 0 amide bonds. The van der Waals surface area contributed by atoms with Gasteiger partial charge in [-0.05, 0) is 78.7 Å². The molecule has 0 aliphatic heterocycles. The van der Waals surface area contributed by atoms with Gasteiger partial charge in [0.15, 0.2) is 0 Å². The van der Waals surface area contributed by atoms with Crippen LogP contribution in [0.15, 0.2) is 103 Å². The first-order valence-corrected chi connectivity index (χ1v) is 19.3. The molecule has 1 aliphatic rings. The fraction of sp³-hybridized carbons (Fsp3) is 0.245. The molecule has 0 spiro atoms. The van der Waals surface area contributed by atoms with Crippen molar-refractivity contribution < 1.29 is 32.7 Å². The fourth-order valence-electron chi connectivity index (χ4n) is 8.34. The van der Waals surface area contributed by atoms with Crippen LogP contribution < -0.4 is 4.74 Å². The van der Waals surface area contributed by atoms with Crippen molar-refractivity contribution >= 4 is 43.6 Å². The van der Waals surface area contributed by atoms with Crippen LogP contribution in [0.1, 0.15) is 87.8 Å². The van der Waals surface area contributed by atoms with Gasteiger partial charge < -0.3 is 13.9 Å². The van der Waals surface area contributed by atoms with Crippen LogP contribution in [0.4, 0.5) is 0 Å². The molecule has 1 aliphatic carbocycles. The van der Waals surface area contributed by atoms with Gasteiger partial charge in [-0.15, -0.1) is 41.3 Å². The van der Waals surface area contributed by atoms with E-state index >= 15 is 0 Å². The number of hydrogen-bond donors (Lipinski definition) is 0. The Kier molecular flexibility index (Phi) is 8.36. The number of para-hydroxylation sites is 3. The number of ether oxygens (including phenoxy) is 1. The van der Waals surface area contributed by atoms with Crippen LogP contribution in [0.25, 0.3) is 60.8 Å².